The molecule has 0 radical (unpaired) electrons. The first kappa shape index (κ1) is 55.1. The Balaban J connectivity index is 4.55. The fourth-order valence-electron chi connectivity index (χ4n) is 5.94. The molecule has 1 atom stereocenters. The molecule has 0 aliphatic carbocycles. The molecule has 0 saturated carbocycles. The van der Waals surface area contributed by atoms with Gasteiger partial charge in [-0.25, -0.2) is 0 Å². The lowest BCUT2D eigenvalue weighted by Gasteiger charge is -2.18. The zero-order chi connectivity index (χ0) is 43.0. The molecule has 0 heterocycles. The van der Waals surface area contributed by atoms with E-state index in [1.807, 2.05) is 54.7 Å². The number of hydrogen-bond acceptors (Lipinski definition) is 6. The van der Waals surface area contributed by atoms with E-state index in [9.17, 15) is 14.4 Å². The van der Waals surface area contributed by atoms with Gasteiger partial charge in [0.1, 0.15) is 13.2 Å². The van der Waals surface area contributed by atoms with E-state index in [-0.39, 0.29) is 31.6 Å². The van der Waals surface area contributed by atoms with E-state index in [0.717, 1.165) is 77.0 Å². The predicted octanol–water partition coefficient (Wildman–Crippen LogP) is 15.2. The summed E-state index contributed by atoms with van der Waals surface area (Å²) in [5, 5.41) is 0. The van der Waals surface area contributed by atoms with E-state index in [4.69, 9.17) is 14.2 Å². The monoisotopic (exact) mass is 817 g/mol. The van der Waals surface area contributed by atoms with Gasteiger partial charge >= 0.3 is 17.9 Å². The standard InChI is InChI=1S/C53H84O6/c1-4-7-10-13-16-19-22-25-26-29-31-34-37-40-43-46-52(55)58-49-50(59-53(56)47-44-41-38-35-32-28-24-21-18-15-12-9-6-3)48-57-51(54)45-42-39-36-33-30-27-23-20-17-14-11-8-5-2/h7,9-10,12-13,15-16,18-19,21-22,24,27-28,30,32,35,38,50H,4-6,8,11,14,17,20,23,25-26,29,31,33-34,36-37,39-49H2,1-3H3/b10-7-,12-9-,16-13-,18-15-,22-19-,24-21-,30-27-,32-28-,38-35-. The minimum Gasteiger partial charge on any atom is -0.462 e. The summed E-state index contributed by atoms with van der Waals surface area (Å²) in [5.41, 5.74) is 0. The van der Waals surface area contributed by atoms with Crippen LogP contribution in [0, 0.1) is 0 Å². The molecule has 0 aliphatic rings. The lowest BCUT2D eigenvalue weighted by Crippen LogP contribution is -2.30. The maximum absolute atomic E-state index is 12.7. The molecule has 0 aromatic carbocycles. The van der Waals surface area contributed by atoms with Gasteiger partial charge in [0, 0.05) is 19.3 Å². The molecule has 0 bridgehead atoms. The van der Waals surface area contributed by atoms with Crippen LogP contribution in [0.2, 0.25) is 0 Å². The number of unbranched alkanes of at least 4 members (excludes halogenated alkanes) is 17. The average Bonchev–Trinajstić information content (AvgIpc) is 3.23. The van der Waals surface area contributed by atoms with Crippen LogP contribution in [0.5, 0.6) is 0 Å². The number of carbonyl (C=O) groups is 3. The van der Waals surface area contributed by atoms with Crippen LogP contribution < -0.4 is 0 Å². The maximum Gasteiger partial charge on any atom is 0.306 e. The van der Waals surface area contributed by atoms with Crippen molar-refractivity contribution in [3.63, 3.8) is 0 Å². The van der Waals surface area contributed by atoms with Crippen molar-refractivity contribution < 1.29 is 28.6 Å². The molecule has 0 fully saturated rings. The molecule has 6 nitrogen and oxygen atoms in total. The third-order valence-electron chi connectivity index (χ3n) is 9.43. The van der Waals surface area contributed by atoms with Crippen molar-refractivity contribution in [1.82, 2.24) is 0 Å². The number of allylic oxidation sites excluding steroid dienone is 18. The van der Waals surface area contributed by atoms with Crippen LogP contribution in [0.4, 0.5) is 0 Å². The number of carbonyl (C=O) groups excluding carboxylic acids is 3. The highest BCUT2D eigenvalue weighted by Crippen LogP contribution is 2.12. The van der Waals surface area contributed by atoms with E-state index in [0.29, 0.717) is 19.3 Å². The highest BCUT2D eigenvalue weighted by Gasteiger charge is 2.19. The van der Waals surface area contributed by atoms with Gasteiger partial charge in [0.2, 0.25) is 0 Å². The third-order valence-corrected chi connectivity index (χ3v) is 9.43. The highest BCUT2D eigenvalue weighted by molar-refractivity contribution is 5.71. The second-order valence-corrected chi connectivity index (χ2v) is 15.1. The summed E-state index contributed by atoms with van der Waals surface area (Å²) in [6.07, 6.45) is 62.2. The SMILES string of the molecule is CC\C=C/C=C\C=C/C=C\C=C/CCCC(=O)OC(COC(=O)CCCCC/C=C\CCCCCCCC)COC(=O)CCCCCCCCC\C=C/C=C\C=C/CC. The number of hydrogen-bond donors (Lipinski definition) is 0. The Labute approximate surface area is 361 Å². The first-order valence-corrected chi connectivity index (χ1v) is 23.5. The maximum atomic E-state index is 12.7. The zero-order valence-corrected chi connectivity index (χ0v) is 37.7. The Kier molecular flexibility index (Phi) is 43.6. The molecule has 332 valence electrons. The lowest BCUT2D eigenvalue weighted by atomic mass is 10.1. The molecule has 6 heteroatoms. The molecule has 0 rings (SSSR count). The topological polar surface area (TPSA) is 78.9 Å². The van der Waals surface area contributed by atoms with Crippen LogP contribution in [0.15, 0.2) is 109 Å². The third kappa shape index (κ3) is 45.0. The van der Waals surface area contributed by atoms with Crippen molar-refractivity contribution >= 4 is 17.9 Å². The molecular formula is C53H84O6. The summed E-state index contributed by atoms with van der Waals surface area (Å²) in [4.78, 5) is 37.8. The van der Waals surface area contributed by atoms with Crippen molar-refractivity contribution in [2.45, 2.75) is 194 Å². The summed E-state index contributed by atoms with van der Waals surface area (Å²) in [7, 11) is 0. The van der Waals surface area contributed by atoms with Crippen molar-refractivity contribution in [2.24, 2.45) is 0 Å². The van der Waals surface area contributed by atoms with Crippen LogP contribution >= 0.6 is 0 Å². The van der Waals surface area contributed by atoms with Gasteiger partial charge in [-0.3, -0.25) is 14.4 Å². The van der Waals surface area contributed by atoms with E-state index >= 15 is 0 Å². The van der Waals surface area contributed by atoms with E-state index in [1.165, 1.54) is 64.2 Å². The minimum absolute atomic E-state index is 0.120. The van der Waals surface area contributed by atoms with Gasteiger partial charge in [-0.1, -0.05) is 201 Å². The Bertz CT molecular complexity index is 1260. The van der Waals surface area contributed by atoms with E-state index < -0.39 is 12.1 Å². The summed E-state index contributed by atoms with van der Waals surface area (Å²) < 4.78 is 16.6. The second kappa shape index (κ2) is 46.8. The number of rotatable bonds is 40. The fourth-order valence-corrected chi connectivity index (χ4v) is 5.94. The predicted molar refractivity (Wildman–Crippen MR) is 251 cm³/mol. The van der Waals surface area contributed by atoms with Gasteiger partial charge < -0.3 is 14.2 Å². The number of esters is 3. The molecule has 0 spiro atoms. The Hall–Kier alpha value is -3.93. The molecule has 1 unspecified atom stereocenters. The van der Waals surface area contributed by atoms with Gasteiger partial charge in [0.05, 0.1) is 0 Å². The molecule has 0 aromatic rings. The smallest absolute Gasteiger partial charge is 0.306 e. The molecule has 59 heavy (non-hydrogen) atoms. The first-order valence-electron chi connectivity index (χ1n) is 23.5. The summed E-state index contributed by atoms with van der Waals surface area (Å²) in [6, 6.07) is 0. The fraction of sp³-hybridized carbons (Fsp3) is 0.604. The van der Waals surface area contributed by atoms with Crippen LogP contribution in [0.1, 0.15) is 188 Å². The van der Waals surface area contributed by atoms with Gasteiger partial charge in [-0.05, 0) is 77.0 Å². The van der Waals surface area contributed by atoms with Crippen LogP contribution in [-0.4, -0.2) is 37.2 Å². The minimum atomic E-state index is -0.826. The normalized spacial score (nSPS) is 13.1. The van der Waals surface area contributed by atoms with Gasteiger partial charge in [-0.15, -0.1) is 0 Å². The Morgan fingerprint density at radius 1 is 0.356 bits per heavy atom. The van der Waals surface area contributed by atoms with E-state index in [1.54, 1.807) is 0 Å². The molecular weight excluding hydrogens is 733 g/mol. The van der Waals surface area contributed by atoms with Crippen molar-refractivity contribution in [2.75, 3.05) is 13.2 Å². The molecule has 0 saturated heterocycles. The molecule has 0 amide bonds. The van der Waals surface area contributed by atoms with Gasteiger partial charge in [0.15, 0.2) is 6.10 Å². The Morgan fingerprint density at radius 2 is 0.695 bits per heavy atom. The number of ether oxygens (including phenoxy) is 3. The highest BCUT2D eigenvalue weighted by atomic mass is 16.6. The molecule has 0 N–H and O–H groups in total. The molecule has 0 aromatic heterocycles. The summed E-state index contributed by atoms with van der Waals surface area (Å²) in [5.74, 6) is -1.03. The van der Waals surface area contributed by atoms with Crippen molar-refractivity contribution in [3.05, 3.63) is 109 Å². The van der Waals surface area contributed by atoms with Gasteiger partial charge in [-0.2, -0.15) is 0 Å². The summed E-state index contributed by atoms with van der Waals surface area (Å²) in [6.45, 7) is 6.24. The van der Waals surface area contributed by atoms with Crippen molar-refractivity contribution in [1.29, 1.82) is 0 Å². The van der Waals surface area contributed by atoms with Crippen LogP contribution in [-0.2, 0) is 28.6 Å². The van der Waals surface area contributed by atoms with Crippen LogP contribution in [0.25, 0.3) is 0 Å². The Morgan fingerprint density at radius 3 is 1.15 bits per heavy atom. The average molecular weight is 817 g/mol. The zero-order valence-electron chi connectivity index (χ0n) is 37.7. The second-order valence-electron chi connectivity index (χ2n) is 15.1. The first-order chi connectivity index (χ1) is 29.0. The largest absolute Gasteiger partial charge is 0.462 e. The van der Waals surface area contributed by atoms with Gasteiger partial charge in [0.25, 0.3) is 0 Å². The quantitative estimate of drug-likeness (QED) is 0.0201. The van der Waals surface area contributed by atoms with Crippen LogP contribution in [0.3, 0.4) is 0 Å². The summed E-state index contributed by atoms with van der Waals surface area (Å²) >= 11 is 0. The molecule has 0 aliphatic heterocycles. The lowest BCUT2D eigenvalue weighted by molar-refractivity contribution is -0.167. The van der Waals surface area contributed by atoms with Crippen molar-refractivity contribution in [3.8, 4) is 0 Å². The van der Waals surface area contributed by atoms with E-state index in [2.05, 4.69) is 75.5 Å².